The predicted octanol–water partition coefficient (Wildman–Crippen LogP) is 3.15. The number of ketones is 1. The molecule has 1 aliphatic carbocycles. The Labute approximate surface area is 97.2 Å². The van der Waals surface area contributed by atoms with Crippen molar-refractivity contribution in [1.82, 2.24) is 0 Å². The largest absolute Gasteiger partial charge is 0.343 e. The molecular weight excluding hydrogens is 227 g/mol. The number of Topliss-reactive ketones (excluding diaryl/α,β-unsaturated/α-hetero) is 1. The number of carbonyl (C=O) groups is 1. The molecule has 16 heavy (non-hydrogen) atoms. The maximum Gasteiger partial charge on any atom is 0.343 e. The lowest BCUT2D eigenvalue weighted by atomic mass is 9.88. The van der Waals surface area contributed by atoms with Gasteiger partial charge in [0.2, 0.25) is 0 Å². The highest BCUT2D eigenvalue weighted by molar-refractivity contribution is 7.56. The topological polar surface area (TPSA) is 52.6 Å². The first-order valence-electron chi connectivity index (χ1n) is 5.92. The second-order valence-corrected chi connectivity index (χ2v) is 6.74. The summed E-state index contributed by atoms with van der Waals surface area (Å²) in [5, 5.41) is -0.933. The third-order valence-corrected chi connectivity index (χ3v) is 6.00. The molecule has 0 aliphatic heterocycles. The first-order chi connectivity index (χ1) is 7.50. The van der Waals surface area contributed by atoms with Crippen molar-refractivity contribution in [1.29, 1.82) is 0 Å². The lowest BCUT2D eigenvalue weighted by Crippen LogP contribution is -2.39. The van der Waals surface area contributed by atoms with Crippen LogP contribution in [0, 0.1) is 0 Å². The summed E-state index contributed by atoms with van der Waals surface area (Å²) in [6.07, 6.45) is 2.88. The Morgan fingerprint density at radius 3 is 2.25 bits per heavy atom. The van der Waals surface area contributed by atoms with Crippen molar-refractivity contribution in [3.8, 4) is 0 Å². The average molecular weight is 248 g/mol. The number of hydrogen-bond donors (Lipinski definition) is 0. The Hall–Kier alpha value is -0.180. The fourth-order valence-corrected chi connectivity index (χ4v) is 4.29. The molecule has 0 aromatic rings. The molecule has 0 amide bonds. The molecule has 0 aromatic carbocycles. The highest BCUT2D eigenvalue weighted by atomic mass is 31.2. The molecule has 1 saturated carbocycles. The molecule has 0 radical (unpaired) electrons. The molecule has 1 fully saturated rings. The monoisotopic (exact) mass is 248 g/mol. The normalized spacial score (nSPS) is 27.1. The zero-order valence-electron chi connectivity index (χ0n) is 10.3. The van der Waals surface area contributed by atoms with Crippen molar-refractivity contribution in [2.75, 3.05) is 13.2 Å². The molecule has 0 bridgehead atoms. The van der Waals surface area contributed by atoms with E-state index in [2.05, 4.69) is 0 Å². The lowest BCUT2D eigenvalue weighted by molar-refractivity contribution is -0.123. The van der Waals surface area contributed by atoms with Crippen molar-refractivity contribution in [2.24, 2.45) is 0 Å². The highest BCUT2D eigenvalue weighted by Crippen LogP contribution is 2.63. The summed E-state index contributed by atoms with van der Waals surface area (Å²) in [6.45, 7) is 5.87. The van der Waals surface area contributed by atoms with Crippen LogP contribution < -0.4 is 0 Å². The van der Waals surface area contributed by atoms with Crippen LogP contribution in [0.5, 0.6) is 0 Å². The van der Waals surface area contributed by atoms with Gasteiger partial charge in [-0.05, 0) is 33.6 Å². The van der Waals surface area contributed by atoms with Crippen molar-refractivity contribution in [2.45, 2.75) is 51.6 Å². The van der Waals surface area contributed by atoms with Gasteiger partial charge in [-0.25, -0.2) is 0 Å². The average Bonchev–Trinajstić information content (AvgIpc) is 2.23. The Morgan fingerprint density at radius 2 is 1.81 bits per heavy atom. The maximum atomic E-state index is 12.6. The van der Waals surface area contributed by atoms with Crippen molar-refractivity contribution >= 4 is 13.4 Å². The van der Waals surface area contributed by atoms with Crippen molar-refractivity contribution in [3.63, 3.8) is 0 Å². The molecule has 4 nitrogen and oxygen atoms in total. The van der Waals surface area contributed by atoms with E-state index >= 15 is 0 Å². The maximum absolute atomic E-state index is 12.6. The van der Waals surface area contributed by atoms with Gasteiger partial charge in [-0.2, -0.15) is 0 Å². The van der Waals surface area contributed by atoms with E-state index in [1.807, 2.05) is 0 Å². The third kappa shape index (κ3) is 2.39. The summed E-state index contributed by atoms with van der Waals surface area (Å²) < 4.78 is 23.2. The Morgan fingerprint density at radius 1 is 1.25 bits per heavy atom. The number of rotatable bonds is 5. The molecule has 5 heteroatoms. The van der Waals surface area contributed by atoms with E-state index in [4.69, 9.17) is 9.05 Å². The minimum absolute atomic E-state index is 0.0176. The van der Waals surface area contributed by atoms with E-state index in [0.29, 0.717) is 26.1 Å². The van der Waals surface area contributed by atoms with Gasteiger partial charge in [-0.15, -0.1) is 0 Å². The minimum atomic E-state index is -3.31. The number of carbonyl (C=O) groups excluding carboxylic acids is 1. The van der Waals surface area contributed by atoms with Crippen LogP contribution in [0.15, 0.2) is 0 Å². The summed E-state index contributed by atoms with van der Waals surface area (Å²) >= 11 is 0. The first-order valence-corrected chi connectivity index (χ1v) is 7.47. The van der Waals surface area contributed by atoms with E-state index in [0.717, 1.165) is 12.8 Å². The van der Waals surface area contributed by atoms with Crippen LogP contribution >= 0.6 is 7.60 Å². The quantitative estimate of drug-likeness (QED) is 0.701. The van der Waals surface area contributed by atoms with E-state index in [1.165, 1.54) is 0 Å². The predicted molar refractivity (Wildman–Crippen MR) is 62.7 cm³/mol. The molecule has 1 rings (SSSR count). The van der Waals surface area contributed by atoms with Crippen LogP contribution in [-0.2, 0) is 18.4 Å². The lowest BCUT2D eigenvalue weighted by Gasteiger charge is -2.37. The van der Waals surface area contributed by atoms with Gasteiger partial charge < -0.3 is 9.05 Å². The zero-order valence-corrected chi connectivity index (χ0v) is 11.2. The van der Waals surface area contributed by atoms with Crippen molar-refractivity contribution < 1.29 is 18.4 Å². The molecule has 1 unspecified atom stereocenters. The Kier molecular flexibility index (Phi) is 4.72. The Bertz CT molecular complexity index is 292. The van der Waals surface area contributed by atoms with Gasteiger partial charge in [0, 0.05) is 6.42 Å². The van der Waals surface area contributed by atoms with Gasteiger partial charge in [0.1, 0.15) is 5.16 Å². The molecule has 1 aliphatic rings. The minimum Gasteiger partial charge on any atom is -0.308 e. The van der Waals surface area contributed by atoms with Gasteiger partial charge in [-0.1, -0.05) is 6.42 Å². The standard InChI is InChI=1S/C11H21O4P/c1-4-14-16(13,15-5-2)11(3)9-7-6-8-10(11)12/h4-9H2,1-3H3. The van der Waals surface area contributed by atoms with E-state index in [9.17, 15) is 9.36 Å². The van der Waals surface area contributed by atoms with Crippen LogP contribution in [0.1, 0.15) is 46.5 Å². The zero-order chi connectivity index (χ0) is 12.2. The third-order valence-electron chi connectivity index (χ3n) is 3.12. The molecule has 94 valence electrons. The first kappa shape index (κ1) is 13.9. The molecule has 0 heterocycles. The van der Waals surface area contributed by atoms with Gasteiger partial charge in [0.25, 0.3) is 0 Å². The van der Waals surface area contributed by atoms with Crippen LogP contribution in [0.25, 0.3) is 0 Å². The van der Waals surface area contributed by atoms with Crippen LogP contribution in [0.2, 0.25) is 0 Å². The van der Waals surface area contributed by atoms with Crippen LogP contribution in [-0.4, -0.2) is 24.2 Å². The molecule has 0 aromatic heterocycles. The van der Waals surface area contributed by atoms with E-state index in [1.54, 1.807) is 20.8 Å². The molecule has 1 atom stereocenters. The summed E-state index contributed by atoms with van der Waals surface area (Å²) in [7, 11) is -3.31. The molecular formula is C11H21O4P. The van der Waals surface area contributed by atoms with Crippen LogP contribution in [0.3, 0.4) is 0 Å². The fraction of sp³-hybridized carbons (Fsp3) is 0.909. The summed E-state index contributed by atoms with van der Waals surface area (Å²) in [5.41, 5.74) is 0. The van der Waals surface area contributed by atoms with Gasteiger partial charge in [0.15, 0.2) is 5.78 Å². The number of hydrogen-bond acceptors (Lipinski definition) is 4. The second-order valence-electron chi connectivity index (χ2n) is 4.24. The smallest absolute Gasteiger partial charge is 0.308 e. The molecule has 0 spiro atoms. The van der Waals surface area contributed by atoms with Crippen molar-refractivity contribution in [3.05, 3.63) is 0 Å². The van der Waals surface area contributed by atoms with E-state index in [-0.39, 0.29) is 5.78 Å². The van der Waals surface area contributed by atoms with Gasteiger partial charge in [0.05, 0.1) is 13.2 Å². The summed E-state index contributed by atoms with van der Waals surface area (Å²) in [4.78, 5) is 12.0. The summed E-state index contributed by atoms with van der Waals surface area (Å²) in [6, 6.07) is 0. The van der Waals surface area contributed by atoms with Gasteiger partial charge in [-0.3, -0.25) is 9.36 Å². The van der Waals surface area contributed by atoms with Gasteiger partial charge >= 0.3 is 7.60 Å². The van der Waals surface area contributed by atoms with Crippen LogP contribution in [0.4, 0.5) is 0 Å². The fourth-order valence-electron chi connectivity index (χ4n) is 2.12. The van der Waals surface area contributed by atoms with E-state index < -0.39 is 12.8 Å². The Balaban J connectivity index is 2.99. The summed E-state index contributed by atoms with van der Waals surface area (Å²) in [5.74, 6) is 0.0176. The SMILES string of the molecule is CCOP(=O)(OCC)C1(C)CCCCC1=O. The second kappa shape index (κ2) is 5.44. The molecule has 0 saturated heterocycles. The molecule has 0 N–H and O–H groups in total. The highest BCUT2D eigenvalue weighted by Gasteiger charge is 2.52.